The highest BCUT2D eigenvalue weighted by Crippen LogP contribution is 2.24. The van der Waals surface area contributed by atoms with Crippen molar-refractivity contribution in [3.63, 3.8) is 0 Å². The van der Waals surface area contributed by atoms with Gasteiger partial charge in [-0.2, -0.15) is 4.72 Å². The van der Waals surface area contributed by atoms with Crippen molar-refractivity contribution in [3.05, 3.63) is 46.6 Å². The van der Waals surface area contributed by atoms with Crippen LogP contribution in [-0.4, -0.2) is 18.5 Å². The molecule has 21 heavy (non-hydrogen) atoms. The second-order valence-electron chi connectivity index (χ2n) is 4.58. The normalized spacial score (nSPS) is 13.3. The molecule has 0 saturated heterocycles. The minimum atomic E-state index is -3.85. The number of nitrogens with zero attached hydrogens (tertiary/aromatic N) is 1. The predicted octanol–water partition coefficient (Wildman–Crippen LogP) is 2.17. The summed E-state index contributed by atoms with van der Waals surface area (Å²) in [5, 5.41) is 9.18. The average Bonchev–Trinajstić information content (AvgIpc) is 2.85. The smallest absolute Gasteiger partial charge is 0.242 e. The molecule has 0 spiro atoms. The van der Waals surface area contributed by atoms with Crippen LogP contribution in [0, 0.1) is 6.92 Å². The third-order valence-corrected chi connectivity index (χ3v) is 4.83. The maximum Gasteiger partial charge on any atom is 0.242 e. The molecule has 0 radical (unpaired) electrons. The van der Waals surface area contributed by atoms with Crippen LogP contribution in [0.4, 0.5) is 0 Å². The lowest BCUT2D eigenvalue weighted by atomic mass is 10.2. The zero-order chi connectivity index (χ0) is 15.6. The highest BCUT2D eigenvalue weighted by molar-refractivity contribution is 7.89. The Hall–Kier alpha value is -1.41. The Bertz CT molecular complexity index is 742. The number of aliphatic hydroxyl groups is 1. The van der Waals surface area contributed by atoms with Gasteiger partial charge < -0.3 is 9.52 Å². The SMILES string of the molecule is Cc1cnc(C(C)NS(=O)(=O)c2cc(CO)ccc2Cl)o1. The summed E-state index contributed by atoms with van der Waals surface area (Å²) in [7, 11) is -3.85. The first-order valence-corrected chi connectivity index (χ1v) is 8.03. The van der Waals surface area contributed by atoms with E-state index in [9.17, 15) is 8.42 Å². The zero-order valence-corrected chi connectivity index (χ0v) is 13.1. The monoisotopic (exact) mass is 330 g/mol. The summed E-state index contributed by atoms with van der Waals surface area (Å²) in [6.07, 6.45) is 1.51. The Balaban J connectivity index is 2.30. The molecular weight excluding hydrogens is 316 g/mol. The summed E-state index contributed by atoms with van der Waals surface area (Å²) < 4.78 is 32.5. The van der Waals surface area contributed by atoms with E-state index in [2.05, 4.69) is 9.71 Å². The molecule has 0 amide bonds. The number of nitrogens with one attached hydrogen (secondary N) is 1. The molecule has 0 aliphatic heterocycles. The molecular formula is C13H15ClN2O4S. The first-order valence-electron chi connectivity index (χ1n) is 6.17. The van der Waals surface area contributed by atoms with Crippen LogP contribution in [0.5, 0.6) is 0 Å². The van der Waals surface area contributed by atoms with Crippen LogP contribution in [0.2, 0.25) is 5.02 Å². The Morgan fingerprint density at radius 3 is 2.76 bits per heavy atom. The van der Waals surface area contributed by atoms with Crippen molar-refractivity contribution < 1.29 is 17.9 Å². The van der Waals surface area contributed by atoms with E-state index in [1.807, 2.05) is 0 Å². The fourth-order valence-corrected chi connectivity index (χ4v) is 3.52. The van der Waals surface area contributed by atoms with E-state index >= 15 is 0 Å². The number of oxazole rings is 1. The standard InChI is InChI=1S/C13H15ClN2O4S/c1-8-6-15-13(20-8)9(2)16-21(18,19)12-5-10(7-17)3-4-11(12)14/h3-6,9,16-17H,7H2,1-2H3. The zero-order valence-electron chi connectivity index (χ0n) is 11.5. The molecule has 1 aromatic carbocycles. The van der Waals surface area contributed by atoms with Gasteiger partial charge >= 0.3 is 0 Å². The van der Waals surface area contributed by atoms with E-state index in [1.165, 1.54) is 18.3 Å². The van der Waals surface area contributed by atoms with Gasteiger partial charge in [-0.05, 0) is 31.5 Å². The number of sulfonamides is 1. The predicted molar refractivity (Wildman–Crippen MR) is 77.4 cm³/mol. The van der Waals surface area contributed by atoms with Crippen LogP contribution in [0.15, 0.2) is 33.7 Å². The molecule has 1 unspecified atom stereocenters. The molecule has 0 aliphatic rings. The van der Waals surface area contributed by atoms with Gasteiger partial charge in [-0.25, -0.2) is 13.4 Å². The molecule has 2 N–H and O–H groups in total. The van der Waals surface area contributed by atoms with Gasteiger partial charge in [0, 0.05) is 0 Å². The first kappa shape index (κ1) is 16.0. The van der Waals surface area contributed by atoms with Gasteiger partial charge in [-0.3, -0.25) is 0 Å². The molecule has 1 aromatic heterocycles. The Kier molecular flexibility index (Phi) is 4.67. The average molecular weight is 331 g/mol. The van der Waals surface area contributed by atoms with E-state index in [0.29, 0.717) is 11.3 Å². The molecule has 2 rings (SSSR count). The topological polar surface area (TPSA) is 92.4 Å². The molecule has 8 heteroatoms. The fraction of sp³-hybridized carbons (Fsp3) is 0.308. The maximum atomic E-state index is 12.4. The van der Waals surface area contributed by atoms with Crippen molar-refractivity contribution in [2.24, 2.45) is 0 Å². The summed E-state index contributed by atoms with van der Waals surface area (Å²) >= 11 is 5.93. The molecule has 1 heterocycles. The number of halogens is 1. The van der Waals surface area contributed by atoms with Gasteiger partial charge in [0.1, 0.15) is 10.7 Å². The van der Waals surface area contributed by atoms with Crippen LogP contribution in [-0.2, 0) is 16.6 Å². The van der Waals surface area contributed by atoms with Crippen LogP contribution in [0.25, 0.3) is 0 Å². The lowest BCUT2D eigenvalue weighted by molar-refractivity contribution is 0.281. The summed E-state index contributed by atoms with van der Waals surface area (Å²) in [6, 6.07) is 3.68. The number of hydrogen-bond acceptors (Lipinski definition) is 5. The second kappa shape index (κ2) is 6.15. The van der Waals surface area contributed by atoms with Gasteiger partial charge in [-0.1, -0.05) is 17.7 Å². The van der Waals surface area contributed by atoms with Gasteiger partial charge in [-0.15, -0.1) is 0 Å². The van der Waals surface area contributed by atoms with Gasteiger partial charge in [0.05, 0.1) is 23.9 Å². The van der Waals surface area contributed by atoms with Crippen LogP contribution in [0.3, 0.4) is 0 Å². The van der Waals surface area contributed by atoms with E-state index in [4.69, 9.17) is 21.1 Å². The van der Waals surface area contributed by atoms with Crippen LogP contribution >= 0.6 is 11.6 Å². The van der Waals surface area contributed by atoms with Crippen LogP contribution < -0.4 is 4.72 Å². The number of hydrogen-bond donors (Lipinski definition) is 2. The van der Waals surface area contributed by atoms with Crippen molar-refractivity contribution in [2.75, 3.05) is 0 Å². The van der Waals surface area contributed by atoms with E-state index in [0.717, 1.165) is 0 Å². The number of aliphatic hydroxyl groups excluding tert-OH is 1. The molecule has 0 fully saturated rings. The second-order valence-corrected chi connectivity index (χ2v) is 6.66. The van der Waals surface area contributed by atoms with E-state index < -0.39 is 16.1 Å². The Morgan fingerprint density at radius 1 is 1.48 bits per heavy atom. The number of rotatable bonds is 5. The third kappa shape index (κ3) is 3.62. The highest BCUT2D eigenvalue weighted by atomic mass is 35.5. The molecule has 0 aliphatic carbocycles. The summed E-state index contributed by atoms with van der Waals surface area (Å²) in [5.41, 5.74) is 0.458. The van der Waals surface area contributed by atoms with Crippen molar-refractivity contribution in [1.82, 2.24) is 9.71 Å². The van der Waals surface area contributed by atoms with Gasteiger partial charge in [0.25, 0.3) is 0 Å². The number of aryl methyl sites for hydroxylation is 1. The first-order chi connectivity index (χ1) is 9.83. The minimum absolute atomic E-state index is 0.0792. The van der Waals surface area contributed by atoms with Crippen molar-refractivity contribution in [1.29, 1.82) is 0 Å². The van der Waals surface area contributed by atoms with E-state index in [-0.39, 0.29) is 22.4 Å². The summed E-state index contributed by atoms with van der Waals surface area (Å²) in [5.74, 6) is 0.863. The molecule has 0 saturated carbocycles. The summed E-state index contributed by atoms with van der Waals surface area (Å²) in [4.78, 5) is 3.89. The van der Waals surface area contributed by atoms with E-state index in [1.54, 1.807) is 19.9 Å². The highest BCUT2D eigenvalue weighted by Gasteiger charge is 2.23. The molecule has 6 nitrogen and oxygen atoms in total. The summed E-state index contributed by atoms with van der Waals surface area (Å²) in [6.45, 7) is 3.07. The Morgan fingerprint density at radius 2 is 2.19 bits per heavy atom. The lowest BCUT2D eigenvalue weighted by Gasteiger charge is -2.13. The lowest BCUT2D eigenvalue weighted by Crippen LogP contribution is -2.27. The maximum absolute atomic E-state index is 12.4. The molecule has 0 bridgehead atoms. The van der Waals surface area contributed by atoms with Crippen molar-refractivity contribution in [3.8, 4) is 0 Å². The molecule has 114 valence electrons. The van der Waals surface area contributed by atoms with Crippen LogP contribution in [0.1, 0.15) is 30.2 Å². The largest absolute Gasteiger partial charge is 0.444 e. The van der Waals surface area contributed by atoms with Crippen molar-refractivity contribution >= 4 is 21.6 Å². The number of benzene rings is 1. The van der Waals surface area contributed by atoms with Gasteiger partial charge in [0.2, 0.25) is 15.9 Å². The molecule has 2 aromatic rings. The fourth-order valence-electron chi connectivity index (χ4n) is 1.77. The van der Waals surface area contributed by atoms with Gasteiger partial charge in [0.15, 0.2) is 0 Å². The minimum Gasteiger partial charge on any atom is -0.444 e. The quantitative estimate of drug-likeness (QED) is 0.876. The Labute approximate surface area is 127 Å². The molecule has 1 atom stereocenters. The van der Waals surface area contributed by atoms with Crippen molar-refractivity contribution in [2.45, 2.75) is 31.4 Å². The third-order valence-electron chi connectivity index (χ3n) is 2.81. The number of aromatic nitrogens is 1.